The lowest BCUT2D eigenvalue weighted by atomic mass is 9.86. The molecule has 0 aliphatic carbocycles. The summed E-state index contributed by atoms with van der Waals surface area (Å²) in [5.41, 5.74) is 4.42. The number of carbonyl (C=O) groups is 1. The van der Waals surface area contributed by atoms with Gasteiger partial charge < -0.3 is 10.2 Å². The summed E-state index contributed by atoms with van der Waals surface area (Å²) in [5.74, 6) is 0.764. The van der Waals surface area contributed by atoms with E-state index in [2.05, 4.69) is 44.7 Å². The summed E-state index contributed by atoms with van der Waals surface area (Å²) in [6.07, 6.45) is 0.467. The second-order valence-corrected chi connectivity index (χ2v) is 5.40. The van der Waals surface area contributed by atoms with Gasteiger partial charge >= 0.3 is 0 Å². The van der Waals surface area contributed by atoms with Crippen molar-refractivity contribution in [3.8, 4) is 0 Å². The van der Waals surface area contributed by atoms with Crippen LogP contribution in [0.25, 0.3) is 0 Å². The van der Waals surface area contributed by atoms with Gasteiger partial charge in [0, 0.05) is 43.4 Å². The SMILES string of the molecule is Cc1[nH]nc2c1[C@H](c1ccc(N(C)C)cc1)CC(=O)N2. The van der Waals surface area contributed by atoms with E-state index in [-0.39, 0.29) is 11.8 Å². The number of anilines is 2. The Labute approximate surface area is 118 Å². The molecule has 2 N–H and O–H groups in total. The number of amides is 1. The third-order valence-electron chi connectivity index (χ3n) is 3.80. The lowest BCUT2D eigenvalue weighted by Gasteiger charge is -2.23. The fraction of sp³-hybridized carbons (Fsp3) is 0.333. The van der Waals surface area contributed by atoms with Crippen LogP contribution in [0.3, 0.4) is 0 Å². The number of rotatable bonds is 2. The first-order valence-electron chi connectivity index (χ1n) is 6.68. The summed E-state index contributed by atoms with van der Waals surface area (Å²) in [6.45, 7) is 1.99. The van der Waals surface area contributed by atoms with Gasteiger partial charge in [-0.05, 0) is 24.6 Å². The highest BCUT2D eigenvalue weighted by Crippen LogP contribution is 2.38. The summed E-state index contributed by atoms with van der Waals surface area (Å²) in [7, 11) is 4.03. The maximum absolute atomic E-state index is 11.8. The van der Waals surface area contributed by atoms with Crippen LogP contribution in [0.5, 0.6) is 0 Å². The van der Waals surface area contributed by atoms with Gasteiger partial charge in [0.15, 0.2) is 5.82 Å². The highest BCUT2D eigenvalue weighted by Gasteiger charge is 2.30. The van der Waals surface area contributed by atoms with E-state index in [0.29, 0.717) is 12.2 Å². The van der Waals surface area contributed by atoms with Gasteiger partial charge in [0.25, 0.3) is 0 Å². The third-order valence-corrected chi connectivity index (χ3v) is 3.80. The largest absolute Gasteiger partial charge is 0.378 e. The minimum Gasteiger partial charge on any atom is -0.378 e. The number of nitrogens with one attached hydrogen (secondary N) is 2. The minimum absolute atomic E-state index is 0.0192. The summed E-state index contributed by atoms with van der Waals surface area (Å²) in [5, 5.41) is 9.94. The standard InChI is InChI=1S/C15H18N4O/c1-9-14-12(8-13(20)16-15(14)18-17-9)10-4-6-11(7-5-10)19(2)3/h4-7,12H,8H2,1-3H3,(H2,16,17,18,20)/t12-/m0/s1. The summed E-state index contributed by atoms with van der Waals surface area (Å²) in [4.78, 5) is 13.9. The van der Waals surface area contributed by atoms with Crippen molar-refractivity contribution >= 4 is 17.4 Å². The lowest BCUT2D eigenvalue weighted by Crippen LogP contribution is -2.23. The van der Waals surface area contributed by atoms with Gasteiger partial charge in [-0.3, -0.25) is 9.89 Å². The number of carbonyl (C=O) groups excluding carboxylic acids is 1. The summed E-state index contributed by atoms with van der Waals surface area (Å²) < 4.78 is 0. The molecule has 0 saturated carbocycles. The van der Waals surface area contributed by atoms with Crippen LogP contribution in [0.1, 0.15) is 29.2 Å². The normalized spacial score (nSPS) is 17.6. The van der Waals surface area contributed by atoms with Crippen LogP contribution in [0.2, 0.25) is 0 Å². The zero-order chi connectivity index (χ0) is 14.3. The molecule has 5 nitrogen and oxygen atoms in total. The molecule has 2 aromatic rings. The number of hydrogen-bond donors (Lipinski definition) is 2. The first-order chi connectivity index (χ1) is 9.56. The van der Waals surface area contributed by atoms with Gasteiger partial charge in [-0.15, -0.1) is 0 Å². The van der Waals surface area contributed by atoms with Crippen LogP contribution >= 0.6 is 0 Å². The zero-order valence-electron chi connectivity index (χ0n) is 11.9. The van der Waals surface area contributed by atoms with Gasteiger partial charge in [-0.2, -0.15) is 5.10 Å². The molecule has 1 aromatic heterocycles. The number of aromatic amines is 1. The topological polar surface area (TPSA) is 61.0 Å². The molecule has 1 aromatic carbocycles. The van der Waals surface area contributed by atoms with Crippen LogP contribution in [0.15, 0.2) is 24.3 Å². The molecule has 0 bridgehead atoms. The fourth-order valence-corrected chi connectivity index (χ4v) is 2.72. The maximum atomic E-state index is 11.8. The first kappa shape index (κ1) is 12.7. The molecular formula is C15H18N4O. The van der Waals surface area contributed by atoms with E-state index < -0.39 is 0 Å². The molecule has 20 heavy (non-hydrogen) atoms. The molecule has 2 heterocycles. The van der Waals surface area contributed by atoms with Crippen molar-refractivity contribution in [3.05, 3.63) is 41.1 Å². The van der Waals surface area contributed by atoms with E-state index in [4.69, 9.17) is 0 Å². The van der Waals surface area contributed by atoms with Crippen LogP contribution in [-0.4, -0.2) is 30.2 Å². The van der Waals surface area contributed by atoms with Crippen molar-refractivity contribution in [2.24, 2.45) is 0 Å². The predicted molar refractivity (Wildman–Crippen MR) is 79.2 cm³/mol. The highest BCUT2D eigenvalue weighted by molar-refractivity contribution is 5.94. The quantitative estimate of drug-likeness (QED) is 0.880. The number of nitrogens with zero attached hydrogens (tertiary/aromatic N) is 2. The second kappa shape index (κ2) is 4.67. The molecule has 1 aliphatic rings. The van der Waals surface area contributed by atoms with Gasteiger partial charge in [-0.25, -0.2) is 0 Å². The molecule has 3 rings (SSSR count). The van der Waals surface area contributed by atoms with Crippen molar-refractivity contribution in [3.63, 3.8) is 0 Å². The highest BCUT2D eigenvalue weighted by atomic mass is 16.1. The van der Waals surface area contributed by atoms with Crippen LogP contribution in [0, 0.1) is 6.92 Å². The third kappa shape index (κ3) is 2.05. The summed E-state index contributed by atoms with van der Waals surface area (Å²) >= 11 is 0. The summed E-state index contributed by atoms with van der Waals surface area (Å²) in [6, 6.07) is 8.34. The Morgan fingerprint density at radius 1 is 1.25 bits per heavy atom. The smallest absolute Gasteiger partial charge is 0.226 e. The van der Waals surface area contributed by atoms with Gasteiger partial charge in [0.05, 0.1) is 0 Å². The van der Waals surface area contributed by atoms with Gasteiger partial charge in [-0.1, -0.05) is 12.1 Å². The Morgan fingerprint density at radius 3 is 2.60 bits per heavy atom. The molecule has 5 heteroatoms. The van der Waals surface area contributed by atoms with E-state index in [9.17, 15) is 4.79 Å². The molecule has 1 aliphatic heterocycles. The Kier molecular flexibility index (Phi) is 2.97. The molecule has 0 radical (unpaired) electrons. The Balaban J connectivity index is 2.01. The van der Waals surface area contributed by atoms with Crippen LogP contribution < -0.4 is 10.2 Å². The first-order valence-corrected chi connectivity index (χ1v) is 6.68. The molecule has 104 valence electrons. The fourth-order valence-electron chi connectivity index (χ4n) is 2.72. The second-order valence-electron chi connectivity index (χ2n) is 5.40. The molecule has 0 unspecified atom stereocenters. The Morgan fingerprint density at radius 2 is 1.95 bits per heavy atom. The van der Waals surface area contributed by atoms with E-state index in [1.807, 2.05) is 21.0 Å². The zero-order valence-corrected chi connectivity index (χ0v) is 11.9. The average molecular weight is 270 g/mol. The lowest BCUT2D eigenvalue weighted by molar-refractivity contribution is -0.116. The predicted octanol–water partition coefficient (Wildman–Crippen LogP) is 2.26. The average Bonchev–Trinajstić information content (AvgIpc) is 2.79. The van der Waals surface area contributed by atoms with E-state index >= 15 is 0 Å². The van der Waals surface area contributed by atoms with Crippen molar-refractivity contribution in [2.75, 3.05) is 24.3 Å². The molecular weight excluding hydrogens is 252 g/mol. The van der Waals surface area contributed by atoms with Gasteiger partial charge in [0.1, 0.15) is 0 Å². The molecule has 1 amide bonds. The van der Waals surface area contributed by atoms with Gasteiger partial charge in [0.2, 0.25) is 5.91 Å². The van der Waals surface area contributed by atoms with Crippen molar-refractivity contribution in [1.29, 1.82) is 0 Å². The van der Waals surface area contributed by atoms with E-state index in [1.165, 1.54) is 0 Å². The number of fused-ring (bicyclic) bond motifs is 1. The molecule has 0 saturated heterocycles. The van der Waals surface area contributed by atoms with E-state index in [1.54, 1.807) is 0 Å². The van der Waals surface area contributed by atoms with Crippen LogP contribution in [0.4, 0.5) is 11.5 Å². The molecule has 1 atom stereocenters. The van der Waals surface area contributed by atoms with Crippen molar-refractivity contribution in [1.82, 2.24) is 10.2 Å². The van der Waals surface area contributed by atoms with Crippen molar-refractivity contribution in [2.45, 2.75) is 19.3 Å². The molecule has 0 fully saturated rings. The van der Waals surface area contributed by atoms with Crippen molar-refractivity contribution < 1.29 is 4.79 Å². The van der Waals surface area contributed by atoms with Crippen LogP contribution in [-0.2, 0) is 4.79 Å². The number of H-pyrrole nitrogens is 1. The number of aromatic nitrogens is 2. The number of benzene rings is 1. The van der Waals surface area contributed by atoms with E-state index in [0.717, 1.165) is 22.5 Å². The minimum atomic E-state index is 0.0192. The molecule has 0 spiro atoms. The maximum Gasteiger partial charge on any atom is 0.226 e. The Hall–Kier alpha value is -2.30. The number of hydrogen-bond acceptors (Lipinski definition) is 3. The monoisotopic (exact) mass is 270 g/mol. The number of aryl methyl sites for hydroxylation is 1. The Bertz CT molecular complexity index is 642.